The Morgan fingerprint density at radius 3 is 2.52 bits per heavy atom. The summed E-state index contributed by atoms with van der Waals surface area (Å²) < 4.78 is 17.4. The highest BCUT2D eigenvalue weighted by atomic mass is 28.4. The van der Waals surface area contributed by atoms with Crippen LogP contribution in [-0.2, 0) is 20.6 Å². The molecule has 1 heterocycles. The standard InChI is InChI=1S/C21H36O5Si/c1-9-10-11-18(25-16(3)22)15(2)20(23)19-13-12-17(26-19)14-24-27(7,8)21(4,5)6/h9,12-13,15,18,20,23H,1,10-11,14H2,2-8H3/t15-,18+,20+/m1/s1. The second-order valence-corrected chi connectivity index (χ2v) is 13.5. The van der Waals surface area contributed by atoms with Gasteiger partial charge in [0.05, 0.1) is 6.61 Å². The minimum atomic E-state index is -1.87. The van der Waals surface area contributed by atoms with Crippen molar-refractivity contribution >= 4 is 14.3 Å². The maximum absolute atomic E-state index is 11.4. The largest absolute Gasteiger partial charge is 0.462 e. The van der Waals surface area contributed by atoms with Crippen molar-refractivity contribution in [1.82, 2.24) is 0 Å². The van der Waals surface area contributed by atoms with E-state index in [-0.39, 0.29) is 16.9 Å². The second kappa shape index (κ2) is 9.71. The summed E-state index contributed by atoms with van der Waals surface area (Å²) in [5, 5.41) is 10.8. The molecule has 1 aromatic heterocycles. The lowest BCUT2D eigenvalue weighted by Crippen LogP contribution is -2.40. The first kappa shape index (κ1) is 23.7. The molecule has 0 saturated carbocycles. The van der Waals surface area contributed by atoms with Crippen molar-refractivity contribution in [3.63, 3.8) is 0 Å². The van der Waals surface area contributed by atoms with Crippen LogP contribution < -0.4 is 0 Å². The third kappa shape index (κ3) is 6.94. The van der Waals surface area contributed by atoms with Gasteiger partial charge in [0.25, 0.3) is 0 Å². The van der Waals surface area contributed by atoms with Crippen LogP contribution in [0.4, 0.5) is 0 Å². The predicted molar refractivity (Wildman–Crippen MR) is 110 cm³/mol. The van der Waals surface area contributed by atoms with E-state index < -0.39 is 20.5 Å². The SMILES string of the molecule is C=CCC[C@H](OC(C)=O)[C@@H](C)[C@H](O)c1ccc(CO[Si](C)(C)C(C)(C)C)o1. The molecule has 0 aliphatic rings. The fraction of sp³-hybridized carbons (Fsp3) is 0.667. The van der Waals surface area contributed by atoms with E-state index >= 15 is 0 Å². The molecule has 6 heteroatoms. The Kier molecular flexibility index (Phi) is 8.51. The van der Waals surface area contributed by atoms with Crippen LogP contribution in [0.5, 0.6) is 0 Å². The second-order valence-electron chi connectivity index (χ2n) is 8.67. The molecule has 0 saturated heterocycles. The van der Waals surface area contributed by atoms with Crippen LogP contribution in [0.25, 0.3) is 0 Å². The quantitative estimate of drug-likeness (QED) is 0.327. The Hall–Kier alpha value is -1.37. The Balaban J connectivity index is 2.79. The van der Waals surface area contributed by atoms with Crippen LogP contribution in [-0.4, -0.2) is 25.5 Å². The molecule has 0 radical (unpaired) electrons. The zero-order chi connectivity index (χ0) is 20.8. The van der Waals surface area contributed by atoms with Gasteiger partial charge in [-0.25, -0.2) is 0 Å². The first-order valence-electron chi connectivity index (χ1n) is 9.57. The molecule has 154 valence electrons. The lowest BCUT2D eigenvalue weighted by Gasteiger charge is -2.35. The van der Waals surface area contributed by atoms with Gasteiger partial charge in [-0.3, -0.25) is 4.79 Å². The van der Waals surface area contributed by atoms with Crippen molar-refractivity contribution in [2.75, 3.05) is 0 Å². The van der Waals surface area contributed by atoms with Gasteiger partial charge in [0.15, 0.2) is 8.32 Å². The molecule has 3 atom stereocenters. The number of ether oxygens (including phenoxy) is 1. The Morgan fingerprint density at radius 1 is 1.37 bits per heavy atom. The number of carbonyl (C=O) groups excluding carboxylic acids is 1. The molecule has 0 fully saturated rings. The van der Waals surface area contributed by atoms with E-state index in [4.69, 9.17) is 13.6 Å². The molecular formula is C21H36O5Si. The molecular weight excluding hydrogens is 360 g/mol. The summed E-state index contributed by atoms with van der Waals surface area (Å²) >= 11 is 0. The average molecular weight is 397 g/mol. The predicted octanol–water partition coefficient (Wildman–Crippen LogP) is 5.37. The molecule has 1 aromatic rings. The van der Waals surface area contributed by atoms with E-state index in [1.807, 2.05) is 13.0 Å². The van der Waals surface area contributed by atoms with Crippen LogP contribution >= 0.6 is 0 Å². The molecule has 0 spiro atoms. The van der Waals surface area contributed by atoms with Crippen LogP contribution in [0.3, 0.4) is 0 Å². The van der Waals surface area contributed by atoms with E-state index in [2.05, 4.69) is 40.4 Å². The summed E-state index contributed by atoms with van der Waals surface area (Å²) in [5.74, 6) is 0.503. The van der Waals surface area contributed by atoms with Gasteiger partial charge in [-0.05, 0) is 43.1 Å². The number of rotatable bonds is 10. The van der Waals surface area contributed by atoms with Gasteiger partial charge in [-0.1, -0.05) is 33.8 Å². The molecule has 5 nitrogen and oxygen atoms in total. The van der Waals surface area contributed by atoms with Gasteiger partial charge >= 0.3 is 5.97 Å². The number of aliphatic hydroxyl groups excluding tert-OH is 1. The van der Waals surface area contributed by atoms with Crippen molar-refractivity contribution in [2.24, 2.45) is 5.92 Å². The fourth-order valence-corrected chi connectivity index (χ4v) is 3.42. The maximum Gasteiger partial charge on any atom is 0.302 e. The van der Waals surface area contributed by atoms with Crippen molar-refractivity contribution in [3.8, 4) is 0 Å². The summed E-state index contributed by atoms with van der Waals surface area (Å²) in [7, 11) is -1.87. The normalized spacial score (nSPS) is 15.9. The highest BCUT2D eigenvalue weighted by molar-refractivity contribution is 6.74. The first-order chi connectivity index (χ1) is 12.4. The third-order valence-corrected chi connectivity index (χ3v) is 9.89. The van der Waals surface area contributed by atoms with E-state index in [0.717, 1.165) is 0 Å². The molecule has 27 heavy (non-hydrogen) atoms. The van der Waals surface area contributed by atoms with Crippen LogP contribution in [0, 0.1) is 5.92 Å². The Bertz CT molecular complexity index is 614. The van der Waals surface area contributed by atoms with Crippen molar-refractivity contribution in [3.05, 3.63) is 36.3 Å². The molecule has 0 aliphatic carbocycles. The third-order valence-electron chi connectivity index (χ3n) is 5.41. The minimum Gasteiger partial charge on any atom is -0.462 e. The van der Waals surface area contributed by atoms with Crippen LogP contribution in [0.15, 0.2) is 29.2 Å². The lowest BCUT2D eigenvalue weighted by molar-refractivity contribution is -0.151. The van der Waals surface area contributed by atoms with Gasteiger partial charge in [0, 0.05) is 12.8 Å². The van der Waals surface area contributed by atoms with Crippen molar-refractivity contribution in [1.29, 1.82) is 0 Å². The van der Waals surface area contributed by atoms with E-state index in [0.29, 0.717) is 31.0 Å². The van der Waals surface area contributed by atoms with Crippen molar-refractivity contribution in [2.45, 2.75) is 84.4 Å². The molecule has 1 N–H and O–H groups in total. The number of aliphatic hydroxyl groups is 1. The Labute approximate surface area is 164 Å². The molecule has 0 amide bonds. The first-order valence-corrected chi connectivity index (χ1v) is 12.5. The van der Waals surface area contributed by atoms with E-state index in [1.54, 1.807) is 12.1 Å². The number of hydrogen-bond acceptors (Lipinski definition) is 5. The van der Waals surface area contributed by atoms with Crippen molar-refractivity contribution < 1.29 is 23.5 Å². The smallest absolute Gasteiger partial charge is 0.302 e. The summed E-state index contributed by atoms with van der Waals surface area (Å²) in [4.78, 5) is 11.4. The summed E-state index contributed by atoms with van der Waals surface area (Å²) in [6.45, 7) is 18.3. The number of hydrogen-bond donors (Lipinski definition) is 1. The Morgan fingerprint density at radius 2 is 2.00 bits per heavy atom. The zero-order valence-electron chi connectivity index (χ0n) is 17.9. The highest BCUT2D eigenvalue weighted by Gasteiger charge is 2.37. The number of carbonyl (C=O) groups is 1. The van der Waals surface area contributed by atoms with E-state index in [9.17, 15) is 9.90 Å². The monoisotopic (exact) mass is 396 g/mol. The number of furan rings is 1. The number of esters is 1. The van der Waals surface area contributed by atoms with Gasteiger partial charge in [-0.2, -0.15) is 0 Å². The minimum absolute atomic E-state index is 0.124. The van der Waals surface area contributed by atoms with Gasteiger partial charge in [-0.15, -0.1) is 6.58 Å². The van der Waals surface area contributed by atoms with Gasteiger partial charge < -0.3 is 18.7 Å². The molecule has 1 rings (SSSR count). The summed E-state index contributed by atoms with van der Waals surface area (Å²) in [5.41, 5.74) is 0. The molecule has 0 unspecified atom stereocenters. The summed E-state index contributed by atoms with van der Waals surface area (Å²) in [6, 6.07) is 3.60. The molecule has 0 aromatic carbocycles. The molecule has 0 bridgehead atoms. The topological polar surface area (TPSA) is 68.9 Å². The lowest BCUT2D eigenvalue weighted by atomic mass is 9.93. The van der Waals surface area contributed by atoms with Crippen LogP contribution in [0.2, 0.25) is 18.1 Å². The molecule has 0 aliphatic heterocycles. The maximum atomic E-state index is 11.4. The zero-order valence-corrected chi connectivity index (χ0v) is 18.9. The van der Waals surface area contributed by atoms with E-state index in [1.165, 1.54) is 6.92 Å². The fourth-order valence-electron chi connectivity index (χ4n) is 2.49. The average Bonchev–Trinajstić information content (AvgIpc) is 3.03. The van der Waals surface area contributed by atoms with Gasteiger partial charge in [0.1, 0.15) is 23.7 Å². The van der Waals surface area contributed by atoms with Gasteiger partial charge in [0.2, 0.25) is 0 Å². The van der Waals surface area contributed by atoms with Crippen LogP contribution in [0.1, 0.15) is 65.1 Å². The highest BCUT2D eigenvalue weighted by Crippen LogP contribution is 2.37. The number of allylic oxidation sites excluding steroid dienone is 1. The summed E-state index contributed by atoms with van der Waals surface area (Å²) in [6.07, 6.45) is 1.84.